The van der Waals surface area contributed by atoms with Crippen LogP contribution in [0.3, 0.4) is 0 Å². The zero-order valence-electron chi connectivity index (χ0n) is 10.3. The van der Waals surface area contributed by atoms with Gasteiger partial charge in [-0.15, -0.1) is 0 Å². The van der Waals surface area contributed by atoms with Crippen molar-refractivity contribution in [2.75, 3.05) is 6.54 Å². The number of aryl methyl sites for hydroxylation is 1. The first-order valence-corrected chi connectivity index (χ1v) is 6.48. The van der Waals surface area contributed by atoms with E-state index in [0.717, 1.165) is 18.5 Å². The lowest BCUT2D eigenvalue weighted by Gasteiger charge is -2.22. The van der Waals surface area contributed by atoms with Crippen LogP contribution >= 0.6 is 0 Å². The summed E-state index contributed by atoms with van der Waals surface area (Å²) in [6.07, 6.45) is 5.00. The van der Waals surface area contributed by atoms with Crippen LogP contribution in [0.25, 0.3) is 11.0 Å². The fourth-order valence-electron chi connectivity index (χ4n) is 2.70. The third-order valence-corrected chi connectivity index (χ3v) is 3.72. The van der Waals surface area contributed by atoms with Crippen molar-refractivity contribution < 1.29 is 0 Å². The lowest BCUT2D eigenvalue weighted by atomic mass is 10.0. The van der Waals surface area contributed by atoms with Gasteiger partial charge in [0.2, 0.25) is 0 Å². The number of para-hydroxylation sites is 2. The molecule has 0 radical (unpaired) electrons. The monoisotopic (exact) mass is 229 g/mol. The molecule has 0 aliphatic carbocycles. The number of fused-ring (bicyclic) bond motifs is 1. The fraction of sp³-hybridized carbons (Fsp3) is 0.500. The van der Waals surface area contributed by atoms with E-state index in [9.17, 15) is 0 Å². The van der Waals surface area contributed by atoms with Crippen molar-refractivity contribution in [3.8, 4) is 0 Å². The van der Waals surface area contributed by atoms with Crippen LogP contribution < -0.4 is 5.32 Å². The van der Waals surface area contributed by atoms with Crippen molar-refractivity contribution in [1.29, 1.82) is 0 Å². The predicted molar refractivity (Wildman–Crippen MR) is 70.1 cm³/mol. The molecule has 0 spiro atoms. The molecule has 1 fully saturated rings. The average Bonchev–Trinajstić information content (AvgIpc) is 2.68. The molecule has 90 valence electrons. The zero-order chi connectivity index (χ0) is 11.7. The highest BCUT2D eigenvalue weighted by atomic mass is 15.1. The van der Waals surface area contributed by atoms with Crippen LogP contribution in [-0.4, -0.2) is 22.1 Å². The summed E-state index contributed by atoms with van der Waals surface area (Å²) in [4.78, 5) is 4.73. The minimum atomic E-state index is 0.610. The SMILES string of the molecule is Cn1c(CC2CCCCN2)nc2ccccc21. The van der Waals surface area contributed by atoms with Gasteiger partial charge in [0.25, 0.3) is 0 Å². The molecule has 1 aliphatic heterocycles. The molecule has 1 N–H and O–H groups in total. The molecule has 1 atom stereocenters. The maximum atomic E-state index is 4.73. The van der Waals surface area contributed by atoms with Gasteiger partial charge in [0.1, 0.15) is 5.82 Å². The van der Waals surface area contributed by atoms with Crippen LogP contribution in [0.1, 0.15) is 25.1 Å². The van der Waals surface area contributed by atoms with E-state index >= 15 is 0 Å². The van der Waals surface area contributed by atoms with Gasteiger partial charge in [-0.1, -0.05) is 18.6 Å². The molecule has 17 heavy (non-hydrogen) atoms. The Morgan fingerprint density at radius 3 is 3.00 bits per heavy atom. The Hall–Kier alpha value is -1.35. The number of hydrogen-bond donors (Lipinski definition) is 1. The molecule has 0 bridgehead atoms. The van der Waals surface area contributed by atoms with E-state index in [1.165, 1.54) is 30.6 Å². The molecule has 3 rings (SSSR count). The summed E-state index contributed by atoms with van der Waals surface area (Å²) >= 11 is 0. The van der Waals surface area contributed by atoms with Gasteiger partial charge in [0.15, 0.2) is 0 Å². The summed E-state index contributed by atoms with van der Waals surface area (Å²) in [5.41, 5.74) is 2.35. The number of piperidine rings is 1. The van der Waals surface area contributed by atoms with Gasteiger partial charge < -0.3 is 9.88 Å². The van der Waals surface area contributed by atoms with Crippen LogP contribution in [-0.2, 0) is 13.5 Å². The minimum absolute atomic E-state index is 0.610. The van der Waals surface area contributed by atoms with Gasteiger partial charge in [-0.3, -0.25) is 0 Å². The number of nitrogens with zero attached hydrogens (tertiary/aromatic N) is 2. The average molecular weight is 229 g/mol. The molecule has 1 aromatic heterocycles. The van der Waals surface area contributed by atoms with E-state index in [0.29, 0.717) is 6.04 Å². The standard InChI is InChI=1S/C14H19N3/c1-17-13-8-3-2-7-12(13)16-14(17)10-11-6-4-5-9-15-11/h2-3,7-8,11,15H,4-6,9-10H2,1H3. The van der Waals surface area contributed by atoms with E-state index in [1.807, 2.05) is 0 Å². The van der Waals surface area contributed by atoms with Crippen molar-refractivity contribution in [1.82, 2.24) is 14.9 Å². The quantitative estimate of drug-likeness (QED) is 0.856. The molecule has 3 nitrogen and oxygen atoms in total. The van der Waals surface area contributed by atoms with Crippen molar-refractivity contribution >= 4 is 11.0 Å². The van der Waals surface area contributed by atoms with Crippen molar-refractivity contribution in [2.24, 2.45) is 7.05 Å². The zero-order valence-corrected chi connectivity index (χ0v) is 10.3. The Morgan fingerprint density at radius 1 is 1.35 bits per heavy atom. The third kappa shape index (κ3) is 2.07. The normalized spacial score (nSPS) is 20.9. The highest BCUT2D eigenvalue weighted by Crippen LogP contribution is 2.17. The first-order chi connectivity index (χ1) is 8.34. The Bertz CT molecular complexity index is 509. The minimum Gasteiger partial charge on any atom is -0.331 e. The van der Waals surface area contributed by atoms with Crippen molar-refractivity contribution in [2.45, 2.75) is 31.7 Å². The number of rotatable bonds is 2. The molecular formula is C14H19N3. The lowest BCUT2D eigenvalue weighted by Crippen LogP contribution is -2.36. The molecule has 2 heterocycles. The Balaban J connectivity index is 1.87. The van der Waals surface area contributed by atoms with Crippen LogP contribution in [0, 0.1) is 0 Å². The van der Waals surface area contributed by atoms with Gasteiger partial charge >= 0.3 is 0 Å². The van der Waals surface area contributed by atoms with Gasteiger partial charge in [0.05, 0.1) is 11.0 Å². The topological polar surface area (TPSA) is 29.9 Å². The molecule has 0 saturated carbocycles. The van der Waals surface area contributed by atoms with Gasteiger partial charge in [0, 0.05) is 19.5 Å². The molecule has 1 aromatic carbocycles. The number of nitrogens with one attached hydrogen (secondary N) is 1. The molecule has 0 amide bonds. The summed E-state index contributed by atoms with van der Waals surface area (Å²) in [5.74, 6) is 1.20. The maximum absolute atomic E-state index is 4.73. The van der Waals surface area contributed by atoms with Crippen LogP contribution in [0.15, 0.2) is 24.3 Å². The van der Waals surface area contributed by atoms with Crippen molar-refractivity contribution in [3.05, 3.63) is 30.1 Å². The number of imidazole rings is 1. The summed E-state index contributed by atoms with van der Waals surface area (Å²) in [7, 11) is 2.12. The molecule has 1 saturated heterocycles. The first-order valence-electron chi connectivity index (χ1n) is 6.48. The number of benzene rings is 1. The van der Waals surface area contributed by atoms with E-state index in [-0.39, 0.29) is 0 Å². The predicted octanol–water partition coefficient (Wildman–Crippen LogP) is 2.26. The van der Waals surface area contributed by atoms with Crippen LogP contribution in [0.4, 0.5) is 0 Å². The Kier molecular flexibility index (Phi) is 2.85. The van der Waals surface area contributed by atoms with Gasteiger partial charge in [-0.25, -0.2) is 4.98 Å². The van der Waals surface area contributed by atoms with Crippen LogP contribution in [0.2, 0.25) is 0 Å². The molecular weight excluding hydrogens is 210 g/mol. The van der Waals surface area contributed by atoms with E-state index < -0.39 is 0 Å². The van der Waals surface area contributed by atoms with E-state index in [4.69, 9.17) is 4.98 Å². The van der Waals surface area contributed by atoms with Crippen molar-refractivity contribution in [3.63, 3.8) is 0 Å². The lowest BCUT2D eigenvalue weighted by molar-refractivity contribution is 0.392. The third-order valence-electron chi connectivity index (χ3n) is 3.72. The second kappa shape index (κ2) is 4.49. The van der Waals surface area contributed by atoms with Gasteiger partial charge in [-0.2, -0.15) is 0 Å². The Labute approximate surface area is 102 Å². The number of aromatic nitrogens is 2. The summed E-state index contributed by atoms with van der Waals surface area (Å²) in [5, 5.41) is 3.59. The maximum Gasteiger partial charge on any atom is 0.111 e. The van der Waals surface area contributed by atoms with Crippen LogP contribution in [0.5, 0.6) is 0 Å². The molecule has 3 heteroatoms. The van der Waals surface area contributed by atoms with Gasteiger partial charge in [-0.05, 0) is 31.5 Å². The molecule has 2 aromatic rings. The smallest absolute Gasteiger partial charge is 0.111 e. The first kappa shape index (κ1) is 10.8. The second-order valence-corrected chi connectivity index (χ2v) is 4.93. The highest BCUT2D eigenvalue weighted by Gasteiger charge is 2.16. The molecule has 1 unspecified atom stereocenters. The largest absolute Gasteiger partial charge is 0.331 e. The molecule has 1 aliphatic rings. The van der Waals surface area contributed by atoms with E-state index in [2.05, 4.69) is 41.2 Å². The fourth-order valence-corrected chi connectivity index (χ4v) is 2.70. The number of hydrogen-bond acceptors (Lipinski definition) is 2. The second-order valence-electron chi connectivity index (χ2n) is 4.93. The Morgan fingerprint density at radius 2 is 2.24 bits per heavy atom. The summed E-state index contributed by atoms with van der Waals surface area (Å²) < 4.78 is 2.23. The summed E-state index contributed by atoms with van der Waals surface area (Å²) in [6, 6.07) is 8.97. The highest BCUT2D eigenvalue weighted by molar-refractivity contribution is 5.75. The van der Waals surface area contributed by atoms with E-state index in [1.54, 1.807) is 0 Å². The summed E-state index contributed by atoms with van der Waals surface area (Å²) in [6.45, 7) is 1.16.